The highest BCUT2D eigenvalue weighted by atomic mass is 16.3. The number of piperidine rings is 1. The SMILES string of the molecule is CCN(CC)C(=O)C1CCN(CC(O)(CC)CC)CC1. The van der Waals surface area contributed by atoms with Crippen molar-refractivity contribution in [3.05, 3.63) is 0 Å². The molecule has 0 aromatic rings. The van der Waals surface area contributed by atoms with Crippen molar-refractivity contribution in [1.82, 2.24) is 9.80 Å². The predicted octanol–water partition coefficient (Wildman–Crippen LogP) is 2.12. The Hall–Kier alpha value is -0.610. The average molecular weight is 284 g/mol. The summed E-state index contributed by atoms with van der Waals surface area (Å²) < 4.78 is 0. The zero-order valence-corrected chi connectivity index (χ0v) is 13.7. The van der Waals surface area contributed by atoms with Crippen LogP contribution in [-0.4, -0.2) is 59.1 Å². The minimum atomic E-state index is -0.560. The van der Waals surface area contributed by atoms with Crippen LogP contribution in [0.4, 0.5) is 0 Å². The number of aliphatic hydroxyl groups is 1. The average Bonchev–Trinajstić information content (AvgIpc) is 2.49. The molecule has 0 aromatic heterocycles. The van der Waals surface area contributed by atoms with Gasteiger partial charge >= 0.3 is 0 Å². The number of β-amino-alcohol motifs (C(OH)–C–C–N with tert-alkyl or cyclic N) is 1. The lowest BCUT2D eigenvalue weighted by atomic mass is 9.92. The molecule has 0 aliphatic carbocycles. The molecule has 0 saturated carbocycles. The number of hydrogen-bond donors (Lipinski definition) is 1. The van der Waals surface area contributed by atoms with Gasteiger partial charge in [-0.2, -0.15) is 0 Å². The van der Waals surface area contributed by atoms with Crippen molar-refractivity contribution in [2.24, 2.45) is 5.92 Å². The molecule has 1 aliphatic heterocycles. The lowest BCUT2D eigenvalue weighted by molar-refractivity contribution is -0.137. The molecule has 4 nitrogen and oxygen atoms in total. The monoisotopic (exact) mass is 284 g/mol. The Balaban J connectivity index is 2.45. The molecule has 1 heterocycles. The van der Waals surface area contributed by atoms with Crippen molar-refractivity contribution >= 4 is 5.91 Å². The Labute approximate surface area is 124 Å². The van der Waals surface area contributed by atoms with Gasteiger partial charge in [-0.05, 0) is 52.6 Å². The molecule has 1 aliphatic rings. The summed E-state index contributed by atoms with van der Waals surface area (Å²) in [5.74, 6) is 0.499. The van der Waals surface area contributed by atoms with E-state index in [9.17, 15) is 9.90 Å². The van der Waals surface area contributed by atoms with Crippen molar-refractivity contribution in [1.29, 1.82) is 0 Å². The maximum absolute atomic E-state index is 12.3. The predicted molar refractivity (Wildman–Crippen MR) is 82.6 cm³/mol. The topological polar surface area (TPSA) is 43.8 Å². The van der Waals surface area contributed by atoms with Crippen molar-refractivity contribution in [3.8, 4) is 0 Å². The van der Waals surface area contributed by atoms with Crippen LogP contribution in [0.5, 0.6) is 0 Å². The number of likely N-dealkylation sites (tertiary alicyclic amines) is 1. The van der Waals surface area contributed by atoms with Gasteiger partial charge in [0.2, 0.25) is 5.91 Å². The molecule has 20 heavy (non-hydrogen) atoms. The van der Waals surface area contributed by atoms with E-state index < -0.39 is 5.60 Å². The molecule has 0 bridgehead atoms. The summed E-state index contributed by atoms with van der Waals surface area (Å²) in [6.45, 7) is 12.4. The van der Waals surface area contributed by atoms with Crippen molar-refractivity contribution in [2.75, 3.05) is 32.7 Å². The molecule has 118 valence electrons. The van der Waals surface area contributed by atoms with Crippen LogP contribution < -0.4 is 0 Å². The quantitative estimate of drug-likeness (QED) is 0.779. The Morgan fingerprint density at radius 1 is 1.15 bits per heavy atom. The van der Waals surface area contributed by atoms with Gasteiger partial charge < -0.3 is 14.9 Å². The standard InChI is InChI=1S/C16H32N2O2/c1-5-16(20,6-2)13-17-11-9-14(10-12-17)15(19)18(7-3)8-4/h14,20H,5-13H2,1-4H3. The van der Waals surface area contributed by atoms with E-state index in [-0.39, 0.29) is 5.92 Å². The maximum atomic E-state index is 12.3. The third kappa shape index (κ3) is 4.45. The van der Waals surface area contributed by atoms with E-state index in [2.05, 4.69) is 4.90 Å². The molecule has 1 saturated heterocycles. The summed E-state index contributed by atoms with van der Waals surface area (Å²) in [6.07, 6.45) is 3.45. The van der Waals surface area contributed by atoms with Crippen LogP contribution in [0.1, 0.15) is 53.4 Å². The first kappa shape index (κ1) is 17.4. The van der Waals surface area contributed by atoms with Crippen LogP contribution in [0.15, 0.2) is 0 Å². The van der Waals surface area contributed by atoms with E-state index in [1.807, 2.05) is 32.6 Å². The Morgan fingerprint density at radius 3 is 2.05 bits per heavy atom. The van der Waals surface area contributed by atoms with Crippen LogP contribution in [0.3, 0.4) is 0 Å². The number of amides is 1. The van der Waals surface area contributed by atoms with Crippen molar-refractivity contribution in [3.63, 3.8) is 0 Å². The van der Waals surface area contributed by atoms with Crippen molar-refractivity contribution < 1.29 is 9.90 Å². The molecule has 0 unspecified atom stereocenters. The van der Waals surface area contributed by atoms with E-state index in [0.29, 0.717) is 5.91 Å². The van der Waals surface area contributed by atoms with Crippen LogP contribution in [0.25, 0.3) is 0 Å². The van der Waals surface area contributed by atoms with Gasteiger partial charge in [0.05, 0.1) is 5.60 Å². The number of rotatable bonds is 7. The second kappa shape index (κ2) is 7.99. The van der Waals surface area contributed by atoms with E-state index >= 15 is 0 Å². The third-order valence-electron chi connectivity index (χ3n) is 4.85. The molecule has 1 amide bonds. The summed E-state index contributed by atoms with van der Waals surface area (Å²) in [6, 6.07) is 0. The summed E-state index contributed by atoms with van der Waals surface area (Å²) in [5, 5.41) is 10.4. The molecular formula is C16H32N2O2. The molecular weight excluding hydrogens is 252 g/mol. The zero-order chi connectivity index (χ0) is 15.2. The van der Waals surface area contributed by atoms with E-state index in [1.165, 1.54) is 0 Å². The largest absolute Gasteiger partial charge is 0.389 e. The molecule has 0 spiro atoms. The Kier molecular flexibility index (Phi) is 6.96. The molecule has 0 radical (unpaired) electrons. The fourth-order valence-electron chi connectivity index (χ4n) is 3.02. The van der Waals surface area contributed by atoms with Crippen LogP contribution in [0, 0.1) is 5.92 Å². The summed E-state index contributed by atoms with van der Waals surface area (Å²) in [4.78, 5) is 16.6. The van der Waals surface area contributed by atoms with Gasteiger partial charge in [0.25, 0.3) is 0 Å². The Bertz CT molecular complexity index is 291. The van der Waals surface area contributed by atoms with Gasteiger partial charge in [0, 0.05) is 25.6 Å². The normalized spacial score (nSPS) is 18.2. The minimum Gasteiger partial charge on any atom is -0.389 e. The smallest absolute Gasteiger partial charge is 0.225 e. The first-order chi connectivity index (χ1) is 9.49. The summed E-state index contributed by atoms with van der Waals surface area (Å²) >= 11 is 0. The third-order valence-corrected chi connectivity index (χ3v) is 4.85. The first-order valence-electron chi connectivity index (χ1n) is 8.23. The summed E-state index contributed by atoms with van der Waals surface area (Å²) in [5.41, 5.74) is -0.560. The lowest BCUT2D eigenvalue weighted by Crippen LogP contribution is -2.48. The highest BCUT2D eigenvalue weighted by Gasteiger charge is 2.31. The Morgan fingerprint density at radius 2 is 1.65 bits per heavy atom. The maximum Gasteiger partial charge on any atom is 0.225 e. The van der Waals surface area contributed by atoms with E-state index in [1.54, 1.807) is 0 Å². The molecule has 0 atom stereocenters. The molecule has 1 N–H and O–H groups in total. The zero-order valence-electron chi connectivity index (χ0n) is 13.7. The molecule has 1 rings (SSSR count). The number of hydrogen-bond acceptors (Lipinski definition) is 3. The first-order valence-corrected chi connectivity index (χ1v) is 8.23. The lowest BCUT2D eigenvalue weighted by Gasteiger charge is -2.38. The van der Waals surface area contributed by atoms with Gasteiger partial charge in [0.1, 0.15) is 0 Å². The highest BCUT2D eigenvalue weighted by Crippen LogP contribution is 2.23. The van der Waals surface area contributed by atoms with Gasteiger partial charge in [-0.15, -0.1) is 0 Å². The fraction of sp³-hybridized carbons (Fsp3) is 0.938. The second-order valence-electron chi connectivity index (χ2n) is 5.99. The minimum absolute atomic E-state index is 0.183. The van der Waals surface area contributed by atoms with Crippen LogP contribution in [-0.2, 0) is 4.79 Å². The van der Waals surface area contributed by atoms with Crippen LogP contribution >= 0.6 is 0 Å². The van der Waals surface area contributed by atoms with Crippen LogP contribution in [0.2, 0.25) is 0 Å². The van der Waals surface area contributed by atoms with Crippen molar-refractivity contribution in [2.45, 2.75) is 59.0 Å². The molecule has 0 aromatic carbocycles. The summed E-state index contributed by atoms with van der Waals surface area (Å²) in [7, 11) is 0. The van der Waals surface area contributed by atoms with E-state index in [4.69, 9.17) is 0 Å². The molecule has 1 fully saturated rings. The highest BCUT2D eigenvalue weighted by molar-refractivity contribution is 5.78. The fourth-order valence-corrected chi connectivity index (χ4v) is 3.02. The van der Waals surface area contributed by atoms with E-state index in [0.717, 1.165) is 58.4 Å². The second-order valence-corrected chi connectivity index (χ2v) is 5.99. The van der Waals surface area contributed by atoms with Gasteiger partial charge in [-0.3, -0.25) is 4.79 Å². The number of carbonyl (C=O) groups excluding carboxylic acids is 1. The molecule has 4 heteroatoms. The van der Waals surface area contributed by atoms with Gasteiger partial charge in [-0.25, -0.2) is 0 Å². The number of carbonyl (C=O) groups is 1. The van der Waals surface area contributed by atoms with Gasteiger partial charge in [0.15, 0.2) is 0 Å². The van der Waals surface area contributed by atoms with Gasteiger partial charge in [-0.1, -0.05) is 13.8 Å². The number of nitrogens with zero attached hydrogens (tertiary/aromatic N) is 2.